The molecule has 4 rings (SSSR count). The smallest absolute Gasteiger partial charge is 0.318 e. The number of hydrogen-bond donors (Lipinski definition) is 3. The topological polar surface area (TPSA) is 117 Å². The third-order valence-electron chi connectivity index (χ3n) is 6.54. The predicted molar refractivity (Wildman–Crippen MR) is 150 cm³/mol. The van der Waals surface area contributed by atoms with Crippen molar-refractivity contribution in [3.05, 3.63) is 68.5 Å². The van der Waals surface area contributed by atoms with E-state index in [0.717, 1.165) is 22.6 Å². The Morgan fingerprint density at radius 1 is 1.00 bits per heavy atom. The van der Waals surface area contributed by atoms with Crippen LogP contribution in [0.15, 0.2) is 53.2 Å². The summed E-state index contributed by atoms with van der Waals surface area (Å²) in [6.07, 6.45) is 1.98. The lowest BCUT2D eigenvalue weighted by Gasteiger charge is -2.28. The number of benzene rings is 1. The van der Waals surface area contributed by atoms with Crippen molar-refractivity contribution in [2.75, 3.05) is 6.79 Å². The number of nitrogens with one attached hydrogen (secondary N) is 2. The standard InChI is InChI=1S/C28H33N3O6S2/c1-3-4-9-22(29-28(35)31(15-20-7-5-12-38-20)16-21-8-6-13-39-21)26(32)30-25(18(2)27(33)34)19-10-11-23-24(14-19)37-17-36-23/h5-8,10-14,18,22,25H,3-4,9,15-17H2,1-2H3,(H,29,35)(H,30,32)(H,33,34)/t18?,22-,25+/m0/s1. The van der Waals surface area contributed by atoms with E-state index in [1.807, 2.05) is 41.9 Å². The van der Waals surface area contributed by atoms with Gasteiger partial charge in [0.15, 0.2) is 11.5 Å². The van der Waals surface area contributed by atoms with Crippen molar-refractivity contribution in [2.24, 2.45) is 5.92 Å². The molecule has 3 atom stereocenters. The highest BCUT2D eigenvalue weighted by molar-refractivity contribution is 7.10. The number of carboxylic acid groups (broad SMARTS) is 1. The van der Waals surface area contributed by atoms with Crippen LogP contribution in [-0.2, 0) is 22.7 Å². The van der Waals surface area contributed by atoms with Crippen molar-refractivity contribution in [3.8, 4) is 11.5 Å². The minimum Gasteiger partial charge on any atom is -0.481 e. The Labute approximate surface area is 235 Å². The van der Waals surface area contributed by atoms with Gasteiger partial charge in [0, 0.05) is 9.75 Å². The molecule has 0 spiro atoms. The molecule has 0 saturated carbocycles. The van der Waals surface area contributed by atoms with Gasteiger partial charge in [-0.1, -0.05) is 38.0 Å². The SMILES string of the molecule is CCCC[C@H](NC(=O)N(Cc1cccs1)Cc1cccs1)C(=O)N[C@@H](c1ccc2c(c1)OCO2)C(C)C(=O)O. The highest BCUT2D eigenvalue weighted by atomic mass is 32.1. The number of rotatable bonds is 13. The highest BCUT2D eigenvalue weighted by Gasteiger charge is 2.32. The number of unbranched alkanes of at least 4 members (excludes halogenated alkanes) is 1. The zero-order valence-corrected chi connectivity index (χ0v) is 23.6. The molecule has 0 radical (unpaired) electrons. The molecule has 2 aromatic heterocycles. The molecular formula is C28H33N3O6S2. The van der Waals surface area contributed by atoms with Crippen LogP contribution in [0.25, 0.3) is 0 Å². The summed E-state index contributed by atoms with van der Waals surface area (Å²) in [5, 5.41) is 19.6. The van der Waals surface area contributed by atoms with Gasteiger partial charge in [0.25, 0.3) is 0 Å². The van der Waals surface area contributed by atoms with Gasteiger partial charge in [-0.25, -0.2) is 4.79 Å². The molecule has 0 fully saturated rings. The first-order valence-corrected chi connectivity index (χ1v) is 14.6. The zero-order valence-electron chi connectivity index (χ0n) is 21.9. The minimum atomic E-state index is -1.05. The molecule has 0 bridgehead atoms. The van der Waals surface area contributed by atoms with Crippen molar-refractivity contribution < 1.29 is 29.0 Å². The second-order valence-electron chi connectivity index (χ2n) is 9.38. The van der Waals surface area contributed by atoms with Gasteiger partial charge in [-0.3, -0.25) is 9.59 Å². The lowest BCUT2D eigenvalue weighted by molar-refractivity contribution is -0.142. The van der Waals surface area contributed by atoms with Gasteiger partial charge < -0.3 is 30.1 Å². The quantitative estimate of drug-likeness (QED) is 0.253. The van der Waals surface area contributed by atoms with Crippen molar-refractivity contribution in [1.29, 1.82) is 0 Å². The lowest BCUT2D eigenvalue weighted by Crippen LogP contribution is -2.52. The number of ether oxygens (including phenoxy) is 2. The van der Waals surface area contributed by atoms with Gasteiger partial charge in [-0.2, -0.15) is 0 Å². The minimum absolute atomic E-state index is 0.0862. The zero-order chi connectivity index (χ0) is 27.8. The maximum Gasteiger partial charge on any atom is 0.318 e. The Balaban J connectivity index is 1.53. The summed E-state index contributed by atoms with van der Waals surface area (Å²) in [6, 6.07) is 10.9. The fraction of sp³-hybridized carbons (Fsp3) is 0.393. The third kappa shape index (κ3) is 7.51. The molecule has 3 amide bonds. The van der Waals surface area contributed by atoms with Crippen LogP contribution in [0.1, 0.15) is 54.5 Å². The van der Waals surface area contributed by atoms with Crippen LogP contribution in [-0.4, -0.2) is 40.7 Å². The lowest BCUT2D eigenvalue weighted by atomic mass is 9.93. The maximum atomic E-state index is 13.6. The molecule has 3 heterocycles. The number of urea groups is 1. The monoisotopic (exact) mass is 571 g/mol. The van der Waals surface area contributed by atoms with Crippen LogP contribution >= 0.6 is 22.7 Å². The summed E-state index contributed by atoms with van der Waals surface area (Å²) < 4.78 is 10.8. The number of thiophene rings is 2. The van der Waals surface area contributed by atoms with Crippen LogP contribution < -0.4 is 20.1 Å². The number of hydrogen-bond acceptors (Lipinski definition) is 7. The summed E-state index contributed by atoms with van der Waals surface area (Å²) in [7, 11) is 0. The van der Waals surface area contributed by atoms with E-state index in [0.29, 0.717) is 36.6 Å². The van der Waals surface area contributed by atoms with Gasteiger partial charge in [0.1, 0.15) is 6.04 Å². The van der Waals surface area contributed by atoms with E-state index in [1.54, 1.807) is 52.7 Å². The molecule has 1 aliphatic rings. The Morgan fingerprint density at radius 3 is 2.26 bits per heavy atom. The summed E-state index contributed by atoms with van der Waals surface area (Å²) in [6.45, 7) is 4.47. The first kappa shape index (κ1) is 28.4. The molecule has 208 valence electrons. The normalized spacial score (nSPS) is 14.3. The van der Waals surface area contributed by atoms with Gasteiger partial charge in [-0.15, -0.1) is 22.7 Å². The van der Waals surface area contributed by atoms with Crippen LogP contribution in [0.3, 0.4) is 0 Å². The fourth-order valence-electron chi connectivity index (χ4n) is 4.30. The van der Waals surface area contributed by atoms with E-state index in [4.69, 9.17) is 9.47 Å². The van der Waals surface area contributed by atoms with E-state index >= 15 is 0 Å². The molecule has 9 nitrogen and oxygen atoms in total. The molecule has 3 aromatic rings. The van der Waals surface area contributed by atoms with E-state index in [1.165, 1.54) is 0 Å². The van der Waals surface area contributed by atoms with Gasteiger partial charge >= 0.3 is 12.0 Å². The number of carboxylic acids is 1. The van der Waals surface area contributed by atoms with E-state index in [-0.39, 0.29) is 12.8 Å². The van der Waals surface area contributed by atoms with E-state index < -0.39 is 29.9 Å². The largest absolute Gasteiger partial charge is 0.481 e. The van der Waals surface area contributed by atoms with Crippen molar-refractivity contribution >= 4 is 40.6 Å². The van der Waals surface area contributed by atoms with Crippen molar-refractivity contribution in [1.82, 2.24) is 15.5 Å². The number of nitrogens with zero attached hydrogens (tertiary/aromatic N) is 1. The molecule has 1 unspecified atom stereocenters. The Morgan fingerprint density at radius 2 is 1.67 bits per heavy atom. The molecule has 3 N–H and O–H groups in total. The molecule has 0 saturated heterocycles. The summed E-state index contributed by atoms with van der Waals surface area (Å²) in [5.41, 5.74) is 0.583. The van der Waals surface area contributed by atoms with Crippen molar-refractivity contribution in [2.45, 2.75) is 58.3 Å². The molecule has 11 heteroatoms. The van der Waals surface area contributed by atoms with Gasteiger partial charge in [-0.05, 0) is 53.9 Å². The average Bonchev–Trinajstić information content (AvgIpc) is 3.71. The number of fused-ring (bicyclic) bond motifs is 1. The molecular weight excluding hydrogens is 538 g/mol. The molecule has 1 aromatic carbocycles. The van der Waals surface area contributed by atoms with Gasteiger partial charge in [0.05, 0.1) is 25.0 Å². The Hall–Kier alpha value is -3.57. The first-order chi connectivity index (χ1) is 18.9. The Kier molecular flexibility index (Phi) is 9.83. The second-order valence-corrected chi connectivity index (χ2v) is 11.4. The van der Waals surface area contributed by atoms with Crippen molar-refractivity contribution in [3.63, 3.8) is 0 Å². The van der Waals surface area contributed by atoms with Crippen LogP contribution in [0.2, 0.25) is 0 Å². The average molecular weight is 572 g/mol. The van der Waals surface area contributed by atoms with E-state index in [2.05, 4.69) is 10.6 Å². The number of amides is 3. The summed E-state index contributed by atoms with van der Waals surface area (Å²) in [5.74, 6) is -1.34. The summed E-state index contributed by atoms with van der Waals surface area (Å²) >= 11 is 3.14. The van der Waals surface area contributed by atoms with Crippen LogP contribution in [0.5, 0.6) is 11.5 Å². The molecule has 0 aliphatic carbocycles. The highest BCUT2D eigenvalue weighted by Crippen LogP contribution is 2.36. The van der Waals surface area contributed by atoms with E-state index in [9.17, 15) is 19.5 Å². The fourth-order valence-corrected chi connectivity index (χ4v) is 5.74. The molecule has 39 heavy (non-hydrogen) atoms. The third-order valence-corrected chi connectivity index (χ3v) is 8.27. The number of carbonyl (C=O) groups is 3. The van der Waals surface area contributed by atoms with Gasteiger partial charge in [0.2, 0.25) is 12.7 Å². The number of aliphatic carboxylic acids is 1. The Bertz CT molecular complexity index is 1210. The number of carbonyl (C=O) groups excluding carboxylic acids is 2. The van der Waals surface area contributed by atoms with Crippen LogP contribution in [0.4, 0.5) is 4.79 Å². The predicted octanol–water partition coefficient (Wildman–Crippen LogP) is 5.39. The summed E-state index contributed by atoms with van der Waals surface area (Å²) in [4.78, 5) is 42.8. The van der Waals surface area contributed by atoms with Crippen LogP contribution in [0, 0.1) is 5.92 Å². The second kappa shape index (κ2) is 13.5. The first-order valence-electron chi connectivity index (χ1n) is 12.9. The maximum absolute atomic E-state index is 13.6. The molecule has 1 aliphatic heterocycles.